The molecule has 1 aliphatic carbocycles. The van der Waals surface area contributed by atoms with Crippen molar-refractivity contribution in [2.75, 3.05) is 0 Å². The molecule has 1 heteroatoms. The normalized spacial score (nSPS) is 28.9. The van der Waals surface area contributed by atoms with E-state index in [9.17, 15) is 0 Å². The fourth-order valence-electron chi connectivity index (χ4n) is 2.11. The van der Waals surface area contributed by atoms with Gasteiger partial charge in [0.1, 0.15) is 0 Å². The molecular weight excluding hydrogens is 158 g/mol. The van der Waals surface area contributed by atoms with Crippen LogP contribution in [-0.4, -0.2) is 5.54 Å². The topological polar surface area (TPSA) is 12.0 Å². The van der Waals surface area contributed by atoms with Gasteiger partial charge < -0.3 is 5.32 Å². The van der Waals surface area contributed by atoms with E-state index in [-0.39, 0.29) is 5.54 Å². The zero-order chi connectivity index (χ0) is 10.1. The summed E-state index contributed by atoms with van der Waals surface area (Å²) in [5.74, 6) is 1.61. The van der Waals surface area contributed by atoms with Gasteiger partial charge >= 0.3 is 0 Å². The van der Waals surface area contributed by atoms with Gasteiger partial charge in [0.05, 0.1) is 0 Å². The van der Waals surface area contributed by atoms with Gasteiger partial charge in [0.2, 0.25) is 0 Å². The molecule has 0 heterocycles. The summed E-state index contributed by atoms with van der Waals surface area (Å²) >= 11 is 0. The molecule has 1 rings (SSSR count). The van der Waals surface area contributed by atoms with Crippen molar-refractivity contribution in [3.8, 4) is 0 Å². The van der Waals surface area contributed by atoms with Crippen LogP contribution in [0.25, 0.3) is 0 Å². The minimum absolute atomic E-state index is 0.170. The highest BCUT2D eigenvalue weighted by molar-refractivity contribution is 5.04. The summed E-state index contributed by atoms with van der Waals surface area (Å²) < 4.78 is 0. The Hall–Kier alpha value is -0.460. The van der Waals surface area contributed by atoms with Crippen molar-refractivity contribution in [1.29, 1.82) is 0 Å². The van der Waals surface area contributed by atoms with Gasteiger partial charge in [-0.3, -0.25) is 0 Å². The summed E-state index contributed by atoms with van der Waals surface area (Å²) in [6, 6.07) is 0. The molecular formula is C12H23N. The van der Waals surface area contributed by atoms with E-state index in [4.69, 9.17) is 0 Å². The van der Waals surface area contributed by atoms with Crippen LogP contribution in [0.15, 0.2) is 12.3 Å². The standard InChI is InChI=1S/C12H23N/c1-9-6-7-11(8-9)10(2)13-12(3,4)5/h9,11,13H,2,6-8H2,1,3-5H3. The first kappa shape index (κ1) is 10.6. The highest BCUT2D eigenvalue weighted by Gasteiger charge is 2.25. The number of allylic oxidation sites excluding steroid dienone is 1. The predicted molar refractivity (Wildman–Crippen MR) is 58.5 cm³/mol. The second-order valence-electron chi connectivity index (χ2n) is 5.52. The molecule has 1 N–H and O–H groups in total. The van der Waals surface area contributed by atoms with Crippen molar-refractivity contribution < 1.29 is 0 Å². The first-order valence-corrected chi connectivity index (χ1v) is 5.35. The number of nitrogens with one attached hydrogen (secondary N) is 1. The minimum Gasteiger partial charge on any atom is -0.384 e. The van der Waals surface area contributed by atoms with Crippen molar-refractivity contribution in [1.82, 2.24) is 5.32 Å². The highest BCUT2D eigenvalue weighted by Crippen LogP contribution is 2.34. The lowest BCUT2D eigenvalue weighted by Crippen LogP contribution is -2.36. The quantitative estimate of drug-likeness (QED) is 0.689. The van der Waals surface area contributed by atoms with Crippen LogP contribution in [0.1, 0.15) is 47.0 Å². The van der Waals surface area contributed by atoms with E-state index in [1.54, 1.807) is 0 Å². The Morgan fingerprint density at radius 1 is 1.31 bits per heavy atom. The Balaban J connectivity index is 2.41. The monoisotopic (exact) mass is 181 g/mol. The number of hydrogen-bond acceptors (Lipinski definition) is 1. The predicted octanol–water partition coefficient (Wildman–Crippen LogP) is 3.32. The molecule has 0 bridgehead atoms. The van der Waals surface area contributed by atoms with Gasteiger partial charge in [0.25, 0.3) is 0 Å². The molecule has 0 aromatic rings. The van der Waals surface area contributed by atoms with E-state index in [1.807, 2.05) is 0 Å². The van der Waals surface area contributed by atoms with Gasteiger partial charge in [0.15, 0.2) is 0 Å². The number of rotatable bonds is 2. The Kier molecular flexibility index (Phi) is 3.05. The van der Waals surface area contributed by atoms with Gasteiger partial charge in [-0.2, -0.15) is 0 Å². The van der Waals surface area contributed by atoms with Crippen molar-refractivity contribution >= 4 is 0 Å². The van der Waals surface area contributed by atoms with Gasteiger partial charge in [-0.15, -0.1) is 0 Å². The van der Waals surface area contributed by atoms with Gasteiger partial charge in [-0.05, 0) is 45.4 Å². The largest absolute Gasteiger partial charge is 0.384 e. The van der Waals surface area contributed by atoms with E-state index >= 15 is 0 Å². The van der Waals surface area contributed by atoms with Gasteiger partial charge in [-0.25, -0.2) is 0 Å². The van der Waals surface area contributed by atoms with E-state index in [0.29, 0.717) is 5.92 Å². The SMILES string of the molecule is C=C(NC(C)(C)C)C1CCC(C)C1. The summed E-state index contributed by atoms with van der Waals surface area (Å²) in [6.45, 7) is 13.1. The third-order valence-corrected chi connectivity index (χ3v) is 2.72. The molecule has 0 aromatic carbocycles. The summed E-state index contributed by atoms with van der Waals surface area (Å²) in [5.41, 5.74) is 1.42. The third kappa shape index (κ3) is 3.41. The Labute approximate surface area is 82.6 Å². The third-order valence-electron chi connectivity index (χ3n) is 2.72. The van der Waals surface area contributed by atoms with Crippen molar-refractivity contribution in [3.05, 3.63) is 12.3 Å². The lowest BCUT2D eigenvalue weighted by Gasteiger charge is -2.27. The zero-order valence-corrected chi connectivity index (χ0v) is 9.48. The van der Waals surface area contributed by atoms with Crippen molar-refractivity contribution in [2.45, 2.75) is 52.5 Å². The van der Waals surface area contributed by atoms with E-state index in [1.165, 1.54) is 25.0 Å². The minimum atomic E-state index is 0.170. The summed E-state index contributed by atoms with van der Waals surface area (Å²) in [5, 5.41) is 3.49. The molecule has 76 valence electrons. The molecule has 13 heavy (non-hydrogen) atoms. The molecule has 1 fully saturated rings. The maximum atomic E-state index is 4.15. The van der Waals surface area contributed by atoms with Crippen LogP contribution < -0.4 is 5.32 Å². The Morgan fingerprint density at radius 2 is 1.92 bits per heavy atom. The van der Waals surface area contributed by atoms with Gasteiger partial charge in [-0.1, -0.05) is 19.9 Å². The molecule has 0 spiro atoms. The second-order valence-corrected chi connectivity index (χ2v) is 5.52. The highest BCUT2D eigenvalue weighted by atomic mass is 15.0. The van der Waals surface area contributed by atoms with Crippen LogP contribution in [0.4, 0.5) is 0 Å². The first-order valence-electron chi connectivity index (χ1n) is 5.35. The van der Waals surface area contributed by atoms with E-state index in [0.717, 1.165) is 5.92 Å². The zero-order valence-electron chi connectivity index (χ0n) is 9.48. The average Bonchev–Trinajstić information content (AvgIpc) is 2.31. The molecule has 2 atom stereocenters. The molecule has 0 radical (unpaired) electrons. The molecule has 0 saturated heterocycles. The maximum Gasteiger partial charge on any atom is 0.0286 e. The second kappa shape index (κ2) is 3.73. The van der Waals surface area contributed by atoms with Crippen LogP contribution in [0.2, 0.25) is 0 Å². The molecule has 0 amide bonds. The lowest BCUT2D eigenvalue weighted by atomic mass is 10.00. The molecule has 1 aliphatic rings. The molecule has 0 aromatic heterocycles. The summed E-state index contributed by atoms with van der Waals surface area (Å²) in [6.07, 6.45) is 4.01. The van der Waals surface area contributed by atoms with Crippen molar-refractivity contribution in [2.24, 2.45) is 11.8 Å². The van der Waals surface area contributed by atoms with Crippen LogP contribution in [0.3, 0.4) is 0 Å². The van der Waals surface area contributed by atoms with Crippen LogP contribution in [0, 0.1) is 11.8 Å². The van der Waals surface area contributed by atoms with Crippen LogP contribution >= 0.6 is 0 Å². The number of hydrogen-bond donors (Lipinski definition) is 1. The average molecular weight is 181 g/mol. The summed E-state index contributed by atoms with van der Waals surface area (Å²) in [4.78, 5) is 0. The molecule has 0 aliphatic heterocycles. The molecule has 1 saturated carbocycles. The Morgan fingerprint density at radius 3 is 2.31 bits per heavy atom. The van der Waals surface area contributed by atoms with E-state index in [2.05, 4.69) is 39.6 Å². The smallest absolute Gasteiger partial charge is 0.0286 e. The van der Waals surface area contributed by atoms with Gasteiger partial charge in [0, 0.05) is 11.2 Å². The van der Waals surface area contributed by atoms with Crippen LogP contribution in [-0.2, 0) is 0 Å². The fraction of sp³-hybridized carbons (Fsp3) is 0.833. The molecule has 2 unspecified atom stereocenters. The first-order chi connectivity index (χ1) is 5.88. The Bertz CT molecular complexity index is 188. The summed E-state index contributed by atoms with van der Waals surface area (Å²) in [7, 11) is 0. The molecule has 1 nitrogen and oxygen atoms in total. The fourth-order valence-corrected chi connectivity index (χ4v) is 2.11. The van der Waals surface area contributed by atoms with Crippen LogP contribution in [0.5, 0.6) is 0 Å². The maximum absolute atomic E-state index is 4.15. The van der Waals surface area contributed by atoms with Crippen molar-refractivity contribution in [3.63, 3.8) is 0 Å². The lowest BCUT2D eigenvalue weighted by molar-refractivity contribution is 0.427. The van der Waals surface area contributed by atoms with E-state index < -0.39 is 0 Å².